The lowest BCUT2D eigenvalue weighted by atomic mass is 9.99. The summed E-state index contributed by atoms with van der Waals surface area (Å²) in [5.74, 6) is 2.51. The van der Waals surface area contributed by atoms with Crippen LogP contribution >= 0.6 is 0 Å². The van der Waals surface area contributed by atoms with Gasteiger partial charge in [-0.3, -0.25) is 4.99 Å². The first-order valence-corrected chi connectivity index (χ1v) is 9.30. The molecular formula is C18H38N4. The minimum Gasteiger partial charge on any atom is -0.357 e. The molecule has 4 heteroatoms. The Morgan fingerprint density at radius 3 is 2.45 bits per heavy atom. The Balaban J connectivity index is 2.20. The number of nitrogens with one attached hydrogen (secondary N) is 2. The van der Waals surface area contributed by atoms with Crippen molar-refractivity contribution in [3.63, 3.8) is 0 Å². The van der Waals surface area contributed by atoms with Crippen LogP contribution in [0.4, 0.5) is 0 Å². The van der Waals surface area contributed by atoms with Crippen LogP contribution in [0.1, 0.15) is 60.3 Å². The van der Waals surface area contributed by atoms with Crippen molar-refractivity contribution in [3.05, 3.63) is 0 Å². The van der Waals surface area contributed by atoms with Crippen molar-refractivity contribution in [1.82, 2.24) is 15.5 Å². The fraction of sp³-hybridized carbons (Fsp3) is 0.944. The highest BCUT2D eigenvalue weighted by Crippen LogP contribution is 2.16. The summed E-state index contributed by atoms with van der Waals surface area (Å²) in [7, 11) is 0. The molecule has 0 bridgehead atoms. The topological polar surface area (TPSA) is 39.7 Å². The van der Waals surface area contributed by atoms with E-state index in [4.69, 9.17) is 4.99 Å². The lowest BCUT2D eigenvalue weighted by Crippen LogP contribution is -2.44. The third-order valence-corrected chi connectivity index (χ3v) is 4.74. The SMILES string of the molecule is CCNC(=NCCCCN1CCC(C)CC1)NC(C)C(C)C. The number of rotatable bonds is 8. The van der Waals surface area contributed by atoms with Crippen LogP contribution in [0.3, 0.4) is 0 Å². The van der Waals surface area contributed by atoms with Gasteiger partial charge in [-0.25, -0.2) is 0 Å². The zero-order valence-corrected chi connectivity index (χ0v) is 15.5. The first-order chi connectivity index (χ1) is 10.5. The zero-order valence-electron chi connectivity index (χ0n) is 15.5. The number of piperidine rings is 1. The molecule has 1 rings (SSSR count). The summed E-state index contributed by atoms with van der Waals surface area (Å²) in [5.41, 5.74) is 0. The molecule has 0 spiro atoms. The molecule has 1 heterocycles. The van der Waals surface area contributed by atoms with Crippen molar-refractivity contribution < 1.29 is 0 Å². The van der Waals surface area contributed by atoms with E-state index in [-0.39, 0.29) is 0 Å². The third kappa shape index (κ3) is 8.02. The van der Waals surface area contributed by atoms with E-state index in [1.165, 1.54) is 45.3 Å². The minimum absolute atomic E-state index is 0.452. The number of aliphatic imine (C=N–C) groups is 1. The van der Waals surface area contributed by atoms with Crippen molar-refractivity contribution >= 4 is 5.96 Å². The van der Waals surface area contributed by atoms with Crippen LogP contribution in [0.5, 0.6) is 0 Å². The lowest BCUT2D eigenvalue weighted by Gasteiger charge is -2.30. The molecule has 0 aliphatic carbocycles. The molecule has 1 aliphatic heterocycles. The van der Waals surface area contributed by atoms with Crippen molar-refractivity contribution in [2.24, 2.45) is 16.8 Å². The normalized spacial score (nSPS) is 19.5. The van der Waals surface area contributed by atoms with Crippen LogP contribution in [0.2, 0.25) is 0 Å². The fourth-order valence-corrected chi connectivity index (χ4v) is 2.63. The number of likely N-dealkylation sites (tertiary alicyclic amines) is 1. The Kier molecular flexibility index (Phi) is 9.53. The Bertz CT molecular complexity index is 306. The molecule has 4 nitrogen and oxygen atoms in total. The Hall–Kier alpha value is -0.770. The summed E-state index contributed by atoms with van der Waals surface area (Å²) in [6, 6.07) is 0.452. The van der Waals surface area contributed by atoms with E-state index in [0.29, 0.717) is 12.0 Å². The molecule has 0 aromatic carbocycles. The van der Waals surface area contributed by atoms with Crippen LogP contribution < -0.4 is 10.6 Å². The Morgan fingerprint density at radius 2 is 1.86 bits per heavy atom. The van der Waals surface area contributed by atoms with Gasteiger partial charge in [0.15, 0.2) is 5.96 Å². The molecule has 0 amide bonds. The zero-order chi connectivity index (χ0) is 16.4. The third-order valence-electron chi connectivity index (χ3n) is 4.74. The molecule has 130 valence electrons. The number of guanidine groups is 1. The van der Waals surface area contributed by atoms with Crippen LogP contribution in [0.25, 0.3) is 0 Å². The number of nitrogens with zero attached hydrogens (tertiary/aromatic N) is 2. The summed E-state index contributed by atoms with van der Waals surface area (Å²) in [5, 5.41) is 6.83. The largest absolute Gasteiger partial charge is 0.357 e. The second kappa shape index (κ2) is 10.9. The maximum atomic E-state index is 4.71. The predicted octanol–water partition coefficient (Wildman–Crippen LogP) is 3.10. The van der Waals surface area contributed by atoms with Gasteiger partial charge >= 0.3 is 0 Å². The average Bonchev–Trinajstić information content (AvgIpc) is 2.48. The van der Waals surface area contributed by atoms with Gasteiger partial charge in [0.2, 0.25) is 0 Å². The lowest BCUT2D eigenvalue weighted by molar-refractivity contribution is 0.190. The summed E-state index contributed by atoms with van der Waals surface area (Å²) in [6.45, 7) is 16.9. The van der Waals surface area contributed by atoms with E-state index in [2.05, 4.69) is 50.2 Å². The molecule has 1 atom stereocenters. The van der Waals surface area contributed by atoms with Gasteiger partial charge < -0.3 is 15.5 Å². The molecule has 0 radical (unpaired) electrons. The smallest absolute Gasteiger partial charge is 0.191 e. The quantitative estimate of drug-likeness (QED) is 0.411. The number of hydrogen-bond donors (Lipinski definition) is 2. The monoisotopic (exact) mass is 310 g/mol. The van der Waals surface area contributed by atoms with E-state index >= 15 is 0 Å². The summed E-state index contributed by atoms with van der Waals surface area (Å²) in [6.07, 6.45) is 5.19. The predicted molar refractivity (Wildman–Crippen MR) is 97.5 cm³/mol. The molecular weight excluding hydrogens is 272 g/mol. The highest BCUT2D eigenvalue weighted by molar-refractivity contribution is 5.80. The maximum absolute atomic E-state index is 4.71. The van der Waals surface area contributed by atoms with Crippen LogP contribution in [0.15, 0.2) is 4.99 Å². The van der Waals surface area contributed by atoms with E-state index in [1.807, 2.05) is 0 Å². The van der Waals surface area contributed by atoms with Gasteiger partial charge in [0.1, 0.15) is 0 Å². The van der Waals surface area contributed by atoms with Gasteiger partial charge in [-0.15, -0.1) is 0 Å². The molecule has 2 N–H and O–H groups in total. The summed E-state index contributed by atoms with van der Waals surface area (Å²) in [4.78, 5) is 7.33. The molecule has 0 aromatic rings. The van der Waals surface area contributed by atoms with Crippen molar-refractivity contribution in [2.45, 2.75) is 66.3 Å². The molecule has 1 saturated heterocycles. The van der Waals surface area contributed by atoms with Gasteiger partial charge in [-0.1, -0.05) is 20.8 Å². The molecule has 22 heavy (non-hydrogen) atoms. The van der Waals surface area contributed by atoms with Crippen LogP contribution in [-0.2, 0) is 0 Å². The summed E-state index contributed by atoms with van der Waals surface area (Å²) < 4.78 is 0. The van der Waals surface area contributed by atoms with Crippen molar-refractivity contribution in [3.8, 4) is 0 Å². The molecule has 1 aliphatic rings. The summed E-state index contributed by atoms with van der Waals surface area (Å²) >= 11 is 0. The number of unbranched alkanes of at least 4 members (excludes halogenated alkanes) is 1. The molecule has 0 aromatic heterocycles. The van der Waals surface area contributed by atoms with Crippen molar-refractivity contribution in [1.29, 1.82) is 0 Å². The van der Waals surface area contributed by atoms with Crippen molar-refractivity contribution in [2.75, 3.05) is 32.7 Å². The van der Waals surface area contributed by atoms with E-state index in [0.717, 1.165) is 25.0 Å². The minimum atomic E-state index is 0.452. The van der Waals surface area contributed by atoms with Crippen LogP contribution in [-0.4, -0.2) is 49.6 Å². The second-order valence-corrected chi connectivity index (χ2v) is 7.17. The van der Waals surface area contributed by atoms with E-state index < -0.39 is 0 Å². The Labute approximate surface area is 138 Å². The van der Waals surface area contributed by atoms with E-state index in [9.17, 15) is 0 Å². The van der Waals surface area contributed by atoms with E-state index in [1.54, 1.807) is 0 Å². The average molecular weight is 311 g/mol. The van der Waals surface area contributed by atoms with Gasteiger partial charge in [-0.2, -0.15) is 0 Å². The maximum Gasteiger partial charge on any atom is 0.191 e. The fourth-order valence-electron chi connectivity index (χ4n) is 2.63. The van der Waals surface area contributed by atoms with Crippen LogP contribution in [0, 0.1) is 11.8 Å². The van der Waals surface area contributed by atoms with Gasteiger partial charge in [-0.05, 0) is 71.0 Å². The van der Waals surface area contributed by atoms with Gasteiger partial charge in [0.05, 0.1) is 0 Å². The standard InChI is InChI=1S/C18H38N4/c1-6-19-18(21-17(5)15(2)3)20-11-7-8-12-22-13-9-16(4)10-14-22/h15-17H,6-14H2,1-5H3,(H2,19,20,21). The first-order valence-electron chi connectivity index (χ1n) is 9.30. The highest BCUT2D eigenvalue weighted by atomic mass is 15.2. The Morgan fingerprint density at radius 1 is 1.18 bits per heavy atom. The van der Waals surface area contributed by atoms with Gasteiger partial charge in [0.25, 0.3) is 0 Å². The highest BCUT2D eigenvalue weighted by Gasteiger charge is 2.14. The molecule has 1 fully saturated rings. The second-order valence-electron chi connectivity index (χ2n) is 7.17. The first kappa shape index (κ1) is 19.3. The molecule has 1 unspecified atom stereocenters. The molecule has 0 saturated carbocycles. The number of hydrogen-bond acceptors (Lipinski definition) is 2. The van der Waals surface area contributed by atoms with Gasteiger partial charge in [0, 0.05) is 19.1 Å².